The molecule has 13 heavy (non-hydrogen) atoms. The van der Waals surface area contributed by atoms with Gasteiger partial charge in [-0.25, -0.2) is 5.84 Å². The van der Waals surface area contributed by atoms with Crippen molar-refractivity contribution in [2.75, 3.05) is 6.54 Å². The summed E-state index contributed by atoms with van der Waals surface area (Å²) in [7, 11) is 0. The van der Waals surface area contributed by atoms with Crippen LogP contribution in [0.4, 0.5) is 0 Å². The molecule has 0 heterocycles. The lowest BCUT2D eigenvalue weighted by atomic mass is 10.0. The van der Waals surface area contributed by atoms with Crippen molar-refractivity contribution in [1.82, 2.24) is 10.7 Å². The van der Waals surface area contributed by atoms with Crippen molar-refractivity contribution in [2.45, 2.75) is 45.1 Å². The second-order valence-corrected chi connectivity index (χ2v) is 3.86. The molecule has 0 spiro atoms. The first kappa shape index (κ1) is 10.3. The molecule has 76 valence electrons. The summed E-state index contributed by atoms with van der Waals surface area (Å²) in [6.45, 7) is 4.97. The highest BCUT2D eigenvalue weighted by atomic mass is 15.3. The quantitative estimate of drug-likeness (QED) is 0.257. The summed E-state index contributed by atoms with van der Waals surface area (Å²) in [6.07, 6.45) is 5.01. The van der Waals surface area contributed by atoms with E-state index in [1.165, 1.54) is 25.7 Å². The zero-order valence-corrected chi connectivity index (χ0v) is 8.56. The standard InChI is InChI=1S/C9H20N4/c1-3-11-8(13-10)12-9(2)6-4-5-7-9/h3-7,10H2,1-2H3,(H2,11,12,13). The second kappa shape index (κ2) is 4.46. The molecule has 1 fully saturated rings. The van der Waals surface area contributed by atoms with Crippen molar-refractivity contribution in [3.05, 3.63) is 0 Å². The maximum Gasteiger partial charge on any atom is 0.206 e. The molecule has 1 rings (SSSR count). The van der Waals surface area contributed by atoms with E-state index in [2.05, 4.69) is 22.7 Å². The van der Waals surface area contributed by atoms with Gasteiger partial charge in [-0.3, -0.25) is 10.4 Å². The minimum absolute atomic E-state index is 0.195. The molecular weight excluding hydrogens is 164 g/mol. The lowest BCUT2D eigenvalue weighted by Gasteiger charge is -2.26. The Morgan fingerprint density at radius 2 is 2.08 bits per heavy atom. The van der Waals surface area contributed by atoms with Crippen molar-refractivity contribution >= 4 is 5.96 Å². The van der Waals surface area contributed by atoms with E-state index in [1.54, 1.807) is 0 Å². The fraction of sp³-hybridized carbons (Fsp3) is 0.889. The summed E-state index contributed by atoms with van der Waals surface area (Å²) in [5.41, 5.74) is 2.79. The van der Waals surface area contributed by atoms with Crippen LogP contribution < -0.4 is 16.6 Å². The van der Waals surface area contributed by atoms with Gasteiger partial charge in [0.15, 0.2) is 0 Å². The first-order valence-corrected chi connectivity index (χ1v) is 4.99. The largest absolute Gasteiger partial charge is 0.350 e. The predicted octanol–water partition coefficient (Wildman–Crippen LogP) is 0.748. The van der Waals surface area contributed by atoms with Crippen LogP contribution in [-0.4, -0.2) is 18.0 Å². The molecule has 4 nitrogen and oxygen atoms in total. The van der Waals surface area contributed by atoms with Gasteiger partial charge in [0.25, 0.3) is 0 Å². The highest BCUT2D eigenvalue weighted by Crippen LogP contribution is 2.28. The third-order valence-electron chi connectivity index (χ3n) is 2.58. The summed E-state index contributed by atoms with van der Waals surface area (Å²) >= 11 is 0. The Morgan fingerprint density at radius 3 is 2.54 bits per heavy atom. The van der Waals surface area contributed by atoms with Gasteiger partial charge < -0.3 is 5.32 Å². The minimum atomic E-state index is 0.195. The van der Waals surface area contributed by atoms with Gasteiger partial charge in [-0.15, -0.1) is 0 Å². The van der Waals surface area contributed by atoms with Crippen LogP contribution in [0.5, 0.6) is 0 Å². The molecule has 0 radical (unpaired) electrons. The lowest BCUT2D eigenvalue weighted by Crippen LogP contribution is -2.51. The number of nitrogens with two attached hydrogens (primary N) is 1. The van der Waals surface area contributed by atoms with Gasteiger partial charge in [0.05, 0.1) is 0 Å². The third kappa shape index (κ3) is 2.88. The van der Waals surface area contributed by atoms with Crippen LogP contribution >= 0.6 is 0 Å². The average molecular weight is 184 g/mol. The van der Waals surface area contributed by atoms with Crippen LogP contribution in [0, 0.1) is 0 Å². The number of hydrogen-bond acceptors (Lipinski definition) is 2. The van der Waals surface area contributed by atoms with E-state index in [0.29, 0.717) is 5.96 Å². The van der Waals surface area contributed by atoms with Crippen LogP contribution in [0.2, 0.25) is 0 Å². The zero-order chi connectivity index (χ0) is 9.73. The molecule has 1 saturated carbocycles. The van der Waals surface area contributed by atoms with Crippen LogP contribution in [0.25, 0.3) is 0 Å². The van der Waals surface area contributed by atoms with E-state index in [0.717, 1.165) is 6.54 Å². The summed E-state index contributed by atoms with van der Waals surface area (Å²) in [4.78, 5) is 4.22. The van der Waals surface area contributed by atoms with Crippen molar-refractivity contribution in [2.24, 2.45) is 10.8 Å². The number of rotatable bonds is 2. The number of guanidine groups is 1. The molecule has 0 unspecified atom stereocenters. The molecule has 4 heteroatoms. The average Bonchev–Trinajstić information content (AvgIpc) is 2.51. The molecule has 0 aromatic rings. The van der Waals surface area contributed by atoms with Crippen molar-refractivity contribution < 1.29 is 0 Å². The first-order chi connectivity index (χ1) is 6.20. The van der Waals surface area contributed by atoms with E-state index >= 15 is 0 Å². The van der Waals surface area contributed by atoms with Gasteiger partial charge in [0.1, 0.15) is 0 Å². The summed E-state index contributed by atoms with van der Waals surface area (Å²) in [5.74, 6) is 6.07. The molecular formula is C9H20N4. The van der Waals surface area contributed by atoms with Crippen LogP contribution in [-0.2, 0) is 0 Å². The number of nitrogens with zero attached hydrogens (tertiary/aromatic N) is 1. The molecule has 4 N–H and O–H groups in total. The number of hydrazine groups is 1. The van der Waals surface area contributed by atoms with E-state index < -0.39 is 0 Å². The van der Waals surface area contributed by atoms with Crippen LogP contribution in [0.15, 0.2) is 4.99 Å². The van der Waals surface area contributed by atoms with Gasteiger partial charge in [0.2, 0.25) is 5.96 Å². The van der Waals surface area contributed by atoms with E-state index in [-0.39, 0.29) is 5.54 Å². The van der Waals surface area contributed by atoms with Crippen molar-refractivity contribution in [3.8, 4) is 0 Å². The highest BCUT2D eigenvalue weighted by Gasteiger charge is 2.28. The smallest absolute Gasteiger partial charge is 0.206 e. The number of hydrogen-bond donors (Lipinski definition) is 3. The van der Waals surface area contributed by atoms with Gasteiger partial charge in [0, 0.05) is 12.1 Å². The molecule has 0 atom stereocenters. The Labute approximate surface area is 80.0 Å². The number of nitrogens with one attached hydrogen (secondary N) is 2. The molecule has 0 aliphatic heterocycles. The maximum atomic E-state index is 5.35. The van der Waals surface area contributed by atoms with Crippen molar-refractivity contribution in [3.63, 3.8) is 0 Å². The van der Waals surface area contributed by atoms with Gasteiger partial charge in [-0.05, 0) is 26.7 Å². The monoisotopic (exact) mass is 184 g/mol. The summed E-state index contributed by atoms with van der Waals surface area (Å²) in [5, 5.41) is 3.36. The van der Waals surface area contributed by atoms with Crippen molar-refractivity contribution in [1.29, 1.82) is 0 Å². The molecule has 0 amide bonds. The van der Waals surface area contributed by atoms with Gasteiger partial charge in [-0.1, -0.05) is 12.8 Å². The van der Waals surface area contributed by atoms with Gasteiger partial charge in [-0.2, -0.15) is 0 Å². The highest BCUT2D eigenvalue weighted by molar-refractivity contribution is 5.79. The van der Waals surface area contributed by atoms with Crippen LogP contribution in [0.1, 0.15) is 39.5 Å². The maximum absolute atomic E-state index is 5.35. The Kier molecular flexibility index (Phi) is 3.54. The molecule has 1 aliphatic rings. The fourth-order valence-corrected chi connectivity index (χ4v) is 1.85. The Balaban J connectivity index is 2.49. The second-order valence-electron chi connectivity index (χ2n) is 3.86. The Hall–Kier alpha value is -0.770. The summed E-state index contributed by atoms with van der Waals surface area (Å²) in [6, 6.07) is 0. The van der Waals surface area contributed by atoms with Gasteiger partial charge >= 0.3 is 0 Å². The summed E-state index contributed by atoms with van der Waals surface area (Å²) < 4.78 is 0. The molecule has 0 aromatic carbocycles. The molecule has 0 aromatic heterocycles. The Morgan fingerprint density at radius 1 is 1.46 bits per heavy atom. The lowest BCUT2D eigenvalue weighted by molar-refractivity contribution is 0.425. The normalized spacial score (nSPS) is 21.6. The third-order valence-corrected chi connectivity index (χ3v) is 2.58. The van der Waals surface area contributed by atoms with E-state index in [9.17, 15) is 0 Å². The predicted molar refractivity (Wildman–Crippen MR) is 55.3 cm³/mol. The first-order valence-electron chi connectivity index (χ1n) is 4.99. The Bertz CT molecular complexity index is 182. The fourth-order valence-electron chi connectivity index (χ4n) is 1.85. The SMILES string of the molecule is CCN=C(NN)NC1(C)CCCC1. The topological polar surface area (TPSA) is 62.4 Å². The number of aliphatic imine (C=N–C) groups is 1. The van der Waals surface area contributed by atoms with Crippen LogP contribution in [0.3, 0.4) is 0 Å². The molecule has 1 aliphatic carbocycles. The minimum Gasteiger partial charge on any atom is -0.350 e. The zero-order valence-electron chi connectivity index (χ0n) is 8.56. The van der Waals surface area contributed by atoms with E-state index in [4.69, 9.17) is 5.84 Å². The molecule has 0 saturated heterocycles. The molecule has 0 bridgehead atoms. The van der Waals surface area contributed by atoms with E-state index in [1.807, 2.05) is 6.92 Å².